The van der Waals surface area contributed by atoms with E-state index in [4.69, 9.17) is 4.79 Å². The number of hydrogen-bond donors (Lipinski definition) is 0. The van der Waals surface area contributed by atoms with Crippen molar-refractivity contribution < 1.29 is 32.3 Å². The van der Waals surface area contributed by atoms with Gasteiger partial charge < -0.3 is 9.69 Å². The van der Waals surface area contributed by atoms with Crippen molar-refractivity contribution in [3.05, 3.63) is 0 Å². The SMILES string of the molecule is CC.CC=O.CCN1CCN(CC(=O)F)CCN(CC(=O)F)CCN(CC(=O)F)CC1. The number of likely N-dealkylation sites (N-methyl/N-ethyl adjacent to an activating group) is 1. The fourth-order valence-electron chi connectivity index (χ4n) is 2.90. The van der Waals surface area contributed by atoms with Gasteiger partial charge >= 0.3 is 18.1 Å². The topological polar surface area (TPSA) is 81.2 Å². The van der Waals surface area contributed by atoms with Crippen molar-refractivity contribution in [3.8, 4) is 0 Å². The highest BCUT2D eigenvalue weighted by Gasteiger charge is 2.19. The normalized spacial score (nSPS) is 17.6. The van der Waals surface area contributed by atoms with Crippen LogP contribution in [0.4, 0.5) is 13.2 Å². The Labute approximate surface area is 183 Å². The van der Waals surface area contributed by atoms with Gasteiger partial charge in [0.05, 0.1) is 19.6 Å². The number of rotatable bonds is 7. The lowest BCUT2D eigenvalue weighted by Gasteiger charge is -2.32. The van der Waals surface area contributed by atoms with Crippen molar-refractivity contribution in [1.82, 2.24) is 19.6 Å². The second-order valence-corrected chi connectivity index (χ2v) is 6.56. The number of carbonyl (C=O) groups excluding carboxylic acids is 4. The maximum Gasteiger partial charge on any atom is 0.315 e. The van der Waals surface area contributed by atoms with Gasteiger partial charge in [-0.05, 0) is 13.5 Å². The Bertz CT molecular complexity index is 495. The third kappa shape index (κ3) is 18.8. The highest BCUT2D eigenvalue weighted by molar-refractivity contribution is 5.70. The van der Waals surface area contributed by atoms with E-state index in [-0.39, 0.29) is 26.2 Å². The summed E-state index contributed by atoms with van der Waals surface area (Å²) in [5.74, 6) is 0. The van der Waals surface area contributed by atoms with Crippen molar-refractivity contribution in [1.29, 1.82) is 0 Å². The maximum absolute atomic E-state index is 12.8. The predicted molar refractivity (Wildman–Crippen MR) is 113 cm³/mol. The van der Waals surface area contributed by atoms with Crippen LogP contribution >= 0.6 is 0 Å². The Morgan fingerprint density at radius 3 is 1.00 bits per heavy atom. The Kier molecular flexibility index (Phi) is 20.5. The first-order chi connectivity index (χ1) is 14.7. The van der Waals surface area contributed by atoms with E-state index in [1.54, 1.807) is 9.80 Å². The molecule has 1 saturated heterocycles. The molecule has 0 saturated carbocycles. The van der Waals surface area contributed by atoms with Gasteiger partial charge in [-0.3, -0.25) is 29.1 Å². The number of halogens is 3. The van der Waals surface area contributed by atoms with Crippen LogP contribution in [-0.4, -0.2) is 123 Å². The molecule has 0 unspecified atom stereocenters. The molecule has 0 aliphatic carbocycles. The van der Waals surface area contributed by atoms with E-state index in [1.165, 1.54) is 11.8 Å². The number of carbonyl (C=O) groups is 4. The minimum Gasteiger partial charge on any atom is -0.304 e. The quantitative estimate of drug-likeness (QED) is 0.416. The molecule has 1 heterocycles. The van der Waals surface area contributed by atoms with Gasteiger partial charge in [0.25, 0.3) is 0 Å². The third-order valence-electron chi connectivity index (χ3n) is 4.42. The Morgan fingerprint density at radius 2 is 0.839 bits per heavy atom. The zero-order chi connectivity index (χ0) is 24.2. The highest BCUT2D eigenvalue weighted by atomic mass is 19.1. The largest absolute Gasteiger partial charge is 0.315 e. The third-order valence-corrected chi connectivity index (χ3v) is 4.42. The molecule has 0 aromatic rings. The van der Waals surface area contributed by atoms with E-state index in [2.05, 4.69) is 4.90 Å². The summed E-state index contributed by atoms with van der Waals surface area (Å²) in [6.45, 7) is 10.1. The Morgan fingerprint density at radius 1 is 0.645 bits per heavy atom. The summed E-state index contributed by atoms with van der Waals surface area (Å²) in [4.78, 5) is 48.1. The molecule has 0 aromatic carbocycles. The van der Waals surface area contributed by atoms with E-state index in [9.17, 15) is 27.6 Å². The monoisotopic (exact) mass is 454 g/mol. The average Bonchev–Trinajstić information content (AvgIpc) is 2.69. The molecule has 1 aliphatic rings. The molecule has 0 spiro atoms. The minimum atomic E-state index is -1.50. The minimum absolute atomic E-state index is 0.256. The van der Waals surface area contributed by atoms with Crippen LogP contribution < -0.4 is 0 Å². The molecule has 0 amide bonds. The highest BCUT2D eigenvalue weighted by Crippen LogP contribution is 2.02. The molecule has 8 nitrogen and oxygen atoms in total. The second-order valence-electron chi connectivity index (χ2n) is 6.56. The summed E-state index contributed by atoms with van der Waals surface area (Å²) in [7, 11) is 0. The van der Waals surface area contributed by atoms with Crippen LogP contribution in [0.1, 0.15) is 27.7 Å². The van der Waals surface area contributed by atoms with Crippen molar-refractivity contribution in [3.63, 3.8) is 0 Å². The van der Waals surface area contributed by atoms with Gasteiger partial charge in [0.15, 0.2) is 0 Å². The summed E-state index contributed by atoms with van der Waals surface area (Å²) < 4.78 is 38.4. The molecule has 11 heteroatoms. The van der Waals surface area contributed by atoms with Crippen molar-refractivity contribution >= 4 is 24.4 Å². The molecular weight excluding hydrogens is 417 g/mol. The van der Waals surface area contributed by atoms with Crippen LogP contribution in [0, 0.1) is 0 Å². The summed E-state index contributed by atoms with van der Waals surface area (Å²) >= 11 is 0. The van der Waals surface area contributed by atoms with Gasteiger partial charge in [-0.25, -0.2) is 0 Å². The molecule has 1 fully saturated rings. The van der Waals surface area contributed by atoms with Gasteiger partial charge in [-0.1, -0.05) is 20.8 Å². The van der Waals surface area contributed by atoms with Gasteiger partial charge in [-0.15, -0.1) is 0 Å². The number of aldehydes is 1. The summed E-state index contributed by atoms with van der Waals surface area (Å²) in [5.41, 5.74) is 0. The van der Waals surface area contributed by atoms with Gasteiger partial charge in [0, 0.05) is 52.4 Å². The zero-order valence-corrected chi connectivity index (χ0v) is 19.1. The molecule has 0 radical (unpaired) electrons. The van der Waals surface area contributed by atoms with E-state index < -0.39 is 24.7 Å². The first-order valence-electron chi connectivity index (χ1n) is 10.6. The fourth-order valence-corrected chi connectivity index (χ4v) is 2.90. The average molecular weight is 455 g/mol. The van der Waals surface area contributed by atoms with Gasteiger partial charge in [0.1, 0.15) is 6.29 Å². The standard InChI is InChI=1S/C16H27F3N4O3.C2H4O.C2H6/c1-2-20-3-5-21(11-14(17)24)7-9-23(13-16(19)26)10-8-22(6-4-20)12-15(18)25;1-2-3;1-2/h2-13H2,1H3;2H,1H3;1-2H3. The van der Waals surface area contributed by atoms with Crippen molar-refractivity contribution in [2.45, 2.75) is 27.7 Å². The van der Waals surface area contributed by atoms with E-state index >= 15 is 0 Å². The van der Waals surface area contributed by atoms with Crippen LogP contribution in [0.2, 0.25) is 0 Å². The molecule has 0 bridgehead atoms. The van der Waals surface area contributed by atoms with Crippen molar-refractivity contribution in [2.24, 2.45) is 0 Å². The number of nitrogens with zero attached hydrogens (tertiary/aromatic N) is 4. The first kappa shape index (κ1) is 31.5. The Balaban J connectivity index is 0. The molecule has 182 valence electrons. The predicted octanol–water partition coefficient (Wildman–Crippen LogP) is 0.948. The Hall–Kier alpha value is -1.69. The molecular formula is C20H37F3N4O4. The fraction of sp³-hybridized carbons (Fsp3) is 0.800. The summed E-state index contributed by atoms with van der Waals surface area (Å²) in [6, 6.07) is -4.39. The molecule has 0 atom stereocenters. The first-order valence-corrected chi connectivity index (χ1v) is 10.6. The van der Waals surface area contributed by atoms with Gasteiger partial charge in [-0.2, -0.15) is 13.2 Å². The molecule has 31 heavy (non-hydrogen) atoms. The van der Waals surface area contributed by atoms with Gasteiger partial charge in [0.2, 0.25) is 0 Å². The summed E-state index contributed by atoms with van der Waals surface area (Å²) in [6.07, 6.45) is 0.750. The molecule has 0 aromatic heterocycles. The molecule has 0 N–H and O–H groups in total. The van der Waals surface area contributed by atoms with E-state index in [0.717, 1.165) is 12.8 Å². The van der Waals surface area contributed by atoms with Crippen LogP contribution in [0.5, 0.6) is 0 Å². The van der Waals surface area contributed by atoms with Crippen LogP contribution in [0.3, 0.4) is 0 Å². The maximum atomic E-state index is 12.8. The van der Waals surface area contributed by atoms with Crippen molar-refractivity contribution in [2.75, 3.05) is 78.5 Å². The molecule has 1 aliphatic heterocycles. The zero-order valence-electron chi connectivity index (χ0n) is 19.1. The van der Waals surface area contributed by atoms with Crippen LogP contribution in [0.15, 0.2) is 0 Å². The van der Waals surface area contributed by atoms with Crippen LogP contribution in [0.25, 0.3) is 0 Å². The number of hydrogen-bond acceptors (Lipinski definition) is 8. The lowest BCUT2D eigenvalue weighted by Crippen LogP contribution is -2.47. The lowest BCUT2D eigenvalue weighted by molar-refractivity contribution is -0.132. The lowest BCUT2D eigenvalue weighted by atomic mass is 10.3. The smallest absolute Gasteiger partial charge is 0.304 e. The van der Waals surface area contributed by atoms with Crippen LogP contribution in [-0.2, 0) is 19.2 Å². The second kappa shape index (κ2) is 20.2. The molecule has 1 rings (SSSR count). The summed E-state index contributed by atoms with van der Waals surface area (Å²) in [5, 5.41) is 0. The van der Waals surface area contributed by atoms with E-state index in [0.29, 0.717) is 39.3 Å². The van der Waals surface area contributed by atoms with E-state index in [1.807, 2.05) is 20.8 Å².